The summed E-state index contributed by atoms with van der Waals surface area (Å²) in [6.07, 6.45) is 1.73. The van der Waals surface area contributed by atoms with Crippen molar-refractivity contribution in [2.75, 3.05) is 26.2 Å². The van der Waals surface area contributed by atoms with Crippen LogP contribution in [0.2, 0.25) is 0 Å². The number of rotatable bonds is 4. The number of sulfonamides is 1. The molecule has 0 N–H and O–H groups in total. The number of nitrogens with zero attached hydrogens (tertiary/aromatic N) is 4. The van der Waals surface area contributed by atoms with Crippen molar-refractivity contribution in [2.45, 2.75) is 18.7 Å². The van der Waals surface area contributed by atoms with Crippen LogP contribution >= 0.6 is 0 Å². The fourth-order valence-electron chi connectivity index (χ4n) is 3.56. The molecule has 0 radical (unpaired) electrons. The van der Waals surface area contributed by atoms with Crippen LogP contribution in [0.3, 0.4) is 0 Å². The highest BCUT2D eigenvalue weighted by atomic mass is 32.2. The number of hydrogen-bond donors (Lipinski definition) is 0. The largest absolute Gasteiger partial charge is 0.336 e. The molecule has 4 rings (SSSR count). The summed E-state index contributed by atoms with van der Waals surface area (Å²) in [6.45, 7) is 5.19. The second-order valence-electron chi connectivity index (χ2n) is 7.44. The van der Waals surface area contributed by atoms with E-state index in [1.165, 1.54) is 4.31 Å². The molecule has 156 valence electrons. The topological polar surface area (TPSA) is 75.5 Å². The Labute approximate surface area is 176 Å². The van der Waals surface area contributed by atoms with Crippen LogP contribution in [0, 0.1) is 13.8 Å². The van der Waals surface area contributed by atoms with Crippen molar-refractivity contribution >= 4 is 15.9 Å². The van der Waals surface area contributed by atoms with Crippen molar-refractivity contribution in [3.05, 3.63) is 77.6 Å². The predicted molar refractivity (Wildman–Crippen MR) is 114 cm³/mol. The molecule has 1 aliphatic rings. The van der Waals surface area contributed by atoms with Gasteiger partial charge in [0.2, 0.25) is 10.0 Å². The minimum absolute atomic E-state index is 0.0916. The summed E-state index contributed by atoms with van der Waals surface area (Å²) < 4.78 is 28.9. The Morgan fingerprint density at radius 1 is 0.867 bits per heavy atom. The average Bonchev–Trinajstić information content (AvgIpc) is 3.19. The first kappa shape index (κ1) is 20.3. The van der Waals surface area contributed by atoms with Crippen molar-refractivity contribution < 1.29 is 13.2 Å². The Kier molecular flexibility index (Phi) is 5.44. The molecular weight excluding hydrogens is 400 g/mol. The number of aromatic nitrogens is 2. The lowest BCUT2D eigenvalue weighted by atomic mass is 10.1. The fourth-order valence-corrected chi connectivity index (χ4v) is 4.98. The lowest BCUT2D eigenvalue weighted by molar-refractivity contribution is 0.0698. The van der Waals surface area contributed by atoms with Gasteiger partial charge in [-0.05, 0) is 56.3 Å². The van der Waals surface area contributed by atoms with Crippen LogP contribution in [-0.2, 0) is 10.0 Å². The average molecular weight is 425 g/mol. The number of aryl methyl sites for hydroxylation is 2. The first-order valence-electron chi connectivity index (χ1n) is 9.83. The zero-order chi connectivity index (χ0) is 21.3. The SMILES string of the molecule is Cc1ccc(S(=O)(=O)N2CCN(C(=O)c3ccc(-n4nccc4C)cc3)CC2)cc1. The molecule has 7 nitrogen and oxygen atoms in total. The second-order valence-corrected chi connectivity index (χ2v) is 9.38. The first-order valence-corrected chi connectivity index (χ1v) is 11.3. The van der Waals surface area contributed by atoms with E-state index in [9.17, 15) is 13.2 Å². The standard InChI is InChI=1S/C22H24N4O3S/c1-17-3-9-21(10-4-17)30(28,29)25-15-13-24(14-16-25)22(27)19-5-7-20(8-6-19)26-18(2)11-12-23-26/h3-12H,13-16H2,1-2H3. The van der Waals surface area contributed by atoms with E-state index in [-0.39, 0.29) is 23.9 Å². The summed E-state index contributed by atoms with van der Waals surface area (Å²) in [6, 6.07) is 16.1. The molecule has 8 heteroatoms. The van der Waals surface area contributed by atoms with Crippen LogP contribution in [0.1, 0.15) is 21.6 Å². The molecule has 2 heterocycles. The normalized spacial score (nSPS) is 15.3. The van der Waals surface area contributed by atoms with Crippen molar-refractivity contribution in [3.8, 4) is 5.69 Å². The van der Waals surface area contributed by atoms with Crippen LogP contribution in [0.5, 0.6) is 0 Å². The summed E-state index contributed by atoms with van der Waals surface area (Å²) in [5.74, 6) is -0.0916. The van der Waals surface area contributed by atoms with Gasteiger partial charge < -0.3 is 4.90 Å². The van der Waals surface area contributed by atoms with E-state index in [2.05, 4.69) is 5.10 Å². The van der Waals surface area contributed by atoms with Crippen LogP contribution in [0.25, 0.3) is 5.69 Å². The smallest absolute Gasteiger partial charge is 0.253 e. The molecule has 0 bridgehead atoms. The number of carbonyl (C=O) groups excluding carboxylic acids is 1. The maximum atomic E-state index is 12.9. The van der Waals surface area contributed by atoms with Crippen LogP contribution < -0.4 is 0 Å². The lowest BCUT2D eigenvalue weighted by Crippen LogP contribution is -2.50. The highest BCUT2D eigenvalue weighted by Gasteiger charge is 2.30. The number of carbonyl (C=O) groups is 1. The maximum Gasteiger partial charge on any atom is 0.253 e. The summed E-state index contributed by atoms with van der Waals surface area (Å²) in [4.78, 5) is 14.9. The summed E-state index contributed by atoms with van der Waals surface area (Å²) >= 11 is 0. The van der Waals surface area contributed by atoms with E-state index in [4.69, 9.17) is 0 Å². The molecule has 1 aromatic heterocycles. The third kappa shape index (κ3) is 3.88. The van der Waals surface area contributed by atoms with Crippen LogP contribution in [0.4, 0.5) is 0 Å². The number of hydrogen-bond acceptors (Lipinski definition) is 4. The molecule has 0 saturated carbocycles. The van der Waals surface area contributed by atoms with Gasteiger partial charge in [-0.3, -0.25) is 4.79 Å². The van der Waals surface area contributed by atoms with Gasteiger partial charge in [0.15, 0.2) is 0 Å². The molecular formula is C22H24N4O3S. The quantitative estimate of drug-likeness (QED) is 0.645. The molecule has 1 aliphatic heterocycles. The van der Waals surface area contributed by atoms with Crippen molar-refractivity contribution in [2.24, 2.45) is 0 Å². The van der Waals surface area contributed by atoms with Gasteiger partial charge in [-0.15, -0.1) is 0 Å². The van der Waals surface area contributed by atoms with E-state index in [0.29, 0.717) is 18.7 Å². The highest BCUT2D eigenvalue weighted by Crippen LogP contribution is 2.19. The molecule has 1 fully saturated rings. The maximum absolute atomic E-state index is 12.9. The molecule has 2 aromatic carbocycles. The summed E-state index contributed by atoms with van der Waals surface area (Å²) in [5.41, 5.74) is 3.50. The van der Waals surface area contributed by atoms with E-state index < -0.39 is 10.0 Å². The van der Waals surface area contributed by atoms with Gasteiger partial charge >= 0.3 is 0 Å². The molecule has 1 amide bonds. The second kappa shape index (κ2) is 8.04. The van der Waals surface area contributed by atoms with Crippen LogP contribution in [-0.4, -0.2) is 59.5 Å². The minimum Gasteiger partial charge on any atom is -0.336 e. The zero-order valence-corrected chi connectivity index (χ0v) is 17.8. The Bertz CT molecular complexity index is 1140. The Hall–Kier alpha value is -2.97. The van der Waals surface area contributed by atoms with Gasteiger partial charge in [0.05, 0.1) is 10.6 Å². The molecule has 0 spiro atoms. The van der Waals surface area contributed by atoms with Crippen molar-refractivity contribution in [3.63, 3.8) is 0 Å². The van der Waals surface area contributed by atoms with Crippen LogP contribution in [0.15, 0.2) is 65.7 Å². The van der Waals surface area contributed by atoms with Gasteiger partial charge in [-0.1, -0.05) is 17.7 Å². The summed E-state index contributed by atoms with van der Waals surface area (Å²) in [7, 11) is -3.54. The number of piperazine rings is 1. The molecule has 0 unspecified atom stereocenters. The van der Waals surface area contributed by atoms with E-state index in [0.717, 1.165) is 16.9 Å². The molecule has 0 atom stereocenters. The zero-order valence-electron chi connectivity index (χ0n) is 17.0. The van der Waals surface area contributed by atoms with Gasteiger partial charge in [0.1, 0.15) is 0 Å². The summed E-state index contributed by atoms with van der Waals surface area (Å²) in [5, 5.41) is 4.27. The minimum atomic E-state index is -3.54. The monoisotopic (exact) mass is 424 g/mol. The number of benzene rings is 2. The third-order valence-electron chi connectivity index (χ3n) is 5.38. The Morgan fingerprint density at radius 2 is 1.50 bits per heavy atom. The van der Waals surface area contributed by atoms with Crippen molar-refractivity contribution in [1.29, 1.82) is 0 Å². The first-order chi connectivity index (χ1) is 14.4. The van der Waals surface area contributed by atoms with Gasteiger partial charge in [0.25, 0.3) is 5.91 Å². The molecule has 1 saturated heterocycles. The Balaban J connectivity index is 1.42. The van der Waals surface area contributed by atoms with Gasteiger partial charge in [-0.25, -0.2) is 13.1 Å². The Morgan fingerprint density at radius 3 is 2.07 bits per heavy atom. The van der Waals surface area contributed by atoms with Crippen molar-refractivity contribution in [1.82, 2.24) is 19.0 Å². The van der Waals surface area contributed by atoms with E-state index in [1.54, 1.807) is 47.5 Å². The third-order valence-corrected chi connectivity index (χ3v) is 7.29. The van der Waals surface area contributed by atoms with E-state index >= 15 is 0 Å². The fraction of sp³-hybridized carbons (Fsp3) is 0.273. The van der Waals surface area contributed by atoms with E-state index in [1.807, 2.05) is 36.7 Å². The van der Waals surface area contributed by atoms with Gasteiger partial charge in [-0.2, -0.15) is 9.40 Å². The molecule has 0 aliphatic carbocycles. The highest BCUT2D eigenvalue weighted by molar-refractivity contribution is 7.89. The lowest BCUT2D eigenvalue weighted by Gasteiger charge is -2.34. The van der Waals surface area contributed by atoms with Gasteiger partial charge in [0, 0.05) is 43.6 Å². The number of amides is 1. The molecule has 30 heavy (non-hydrogen) atoms. The predicted octanol–water partition coefficient (Wildman–Crippen LogP) is 2.64. The molecule has 3 aromatic rings.